The molecule has 5 nitrogen and oxygen atoms in total. The van der Waals surface area contributed by atoms with Gasteiger partial charge in [0.15, 0.2) is 6.61 Å². The van der Waals surface area contributed by atoms with Crippen molar-refractivity contribution < 1.29 is 18.7 Å². The van der Waals surface area contributed by atoms with Crippen molar-refractivity contribution in [3.05, 3.63) is 126 Å². The smallest absolute Gasteiger partial charge is 0.265 e. The molecule has 6 heteroatoms. The van der Waals surface area contributed by atoms with E-state index in [-0.39, 0.29) is 30.8 Å². The zero-order valence-corrected chi connectivity index (χ0v) is 18.9. The summed E-state index contributed by atoms with van der Waals surface area (Å²) >= 11 is 0. The molecule has 0 saturated heterocycles. The van der Waals surface area contributed by atoms with Crippen LogP contribution in [0.5, 0.6) is 5.75 Å². The number of hydrogen-bond acceptors (Lipinski definition) is 3. The molecule has 0 spiro atoms. The summed E-state index contributed by atoms with van der Waals surface area (Å²) in [7, 11) is 0. The number of nitrogens with one attached hydrogen (secondary N) is 1. The molecule has 1 aliphatic rings. The molecule has 1 heterocycles. The predicted octanol–water partition coefficient (Wildman–Crippen LogP) is 5.52. The van der Waals surface area contributed by atoms with E-state index in [2.05, 4.69) is 5.32 Å². The van der Waals surface area contributed by atoms with Crippen molar-refractivity contribution in [1.29, 1.82) is 0 Å². The lowest BCUT2D eigenvalue weighted by Crippen LogP contribution is -2.38. The Bertz CT molecular complexity index is 1320. The molecule has 0 aliphatic carbocycles. The maximum atomic E-state index is 14.3. The van der Waals surface area contributed by atoms with E-state index in [1.165, 1.54) is 11.0 Å². The minimum atomic E-state index is -0.513. The van der Waals surface area contributed by atoms with Crippen LogP contribution in [-0.2, 0) is 16.1 Å². The number of fused-ring (bicyclic) bond motifs is 1. The highest BCUT2D eigenvalue weighted by Crippen LogP contribution is 2.36. The molecule has 0 radical (unpaired) electrons. The van der Waals surface area contributed by atoms with Gasteiger partial charge in [0, 0.05) is 11.3 Å². The van der Waals surface area contributed by atoms with Crippen LogP contribution in [0.25, 0.3) is 0 Å². The molecule has 4 aromatic carbocycles. The largest absolute Gasteiger partial charge is 0.482 e. The average Bonchev–Trinajstić information content (AvgIpc) is 2.88. The summed E-state index contributed by atoms with van der Waals surface area (Å²) in [5, 5.41) is 2.99. The second-order valence-electron chi connectivity index (χ2n) is 8.29. The van der Waals surface area contributed by atoms with E-state index < -0.39 is 5.92 Å². The van der Waals surface area contributed by atoms with Crippen molar-refractivity contribution in [2.24, 2.45) is 0 Å². The number of anilines is 2. The third kappa shape index (κ3) is 4.77. The van der Waals surface area contributed by atoms with E-state index >= 15 is 0 Å². The van der Waals surface area contributed by atoms with Gasteiger partial charge in [-0.1, -0.05) is 78.9 Å². The van der Waals surface area contributed by atoms with Gasteiger partial charge in [0.05, 0.1) is 18.2 Å². The first-order valence-corrected chi connectivity index (χ1v) is 11.3. The molecule has 1 N–H and O–H groups in total. The van der Waals surface area contributed by atoms with Crippen molar-refractivity contribution >= 4 is 23.2 Å². The van der Waals surface area contributed by atoms with Gasteiger partial charge in [-0.25, -0.2) is 4.39 Å². The molecule has 0 atom stereocenters. The quantitative estimate of drug-likeness (QED) is 0.407. The Hall–Kier alpha value is -4.45. The van der Waals surface area contributed by atoms with Gasteiger partial charge in [-0.3, -0.25) is 9.59 Å². The molecule has 35 heavy (non-hydrogen) atoms. The van der Waals surface area contributed by atoms with Crippen molar-refractivity contribution in [2.75, 3.05) is 16.8 Å². The van der Waals surface area contributed by atoms with Crippen LogP contribution < -0.4 is 15.0 Å². The maximum Gasteiger partial charge on any atom is 0.265 e. The van der Waals surface area contributed by atoms with Gasteiger partial charge in [-0.2, -0.15) is 0 Å². The standard InChI is InChI=1S/C29H23FN2O3/c30-24-14-8-7-13-22(24)18-32-25-17-23(15-16-26(25)35-19-27(32)33)31-29(34)28(20-9-3-1-4-10-20)21-11-5-2-6-12-21/h1-17,28H,18-19H2,(H,31,34). The number of halogens is 1. The first-order valence-electron chi connectivity index (χ1n) is 11.3. The van der Waals surface area contributed by atoms with E-state index in [1.807, 2.05) is 60.7 Å². The van der Waals surface area contributed by atoms with Gasteiger partial charge in [-0.05, 0) is 35.4 Å². The molecular formula is C29H23FN2O3. The lowest BCUT2D eigenvalue weighted by Gasteiger charge is -2.30. The molecule has 0 aromatic heterocycles. The van der Waals surface area contributed by atoms with Gasteiger partial charge in [0.2, 0.25) is 5.91 Å². The lowest BCUT2D eigenvalue weighted by atomic mass is 9.90. The molecule has 5 rings (SSSR count). The molecule has 0 unspecified atom stereocenters. The molecule has 0 saturated carbocycles. The second kappa shape index (κ2) is 9.81. The van der Waals surface area contributed by atoms with Gasteiger partial charge >= 0.3 is 0 Å². The summed E-state index contributed by atoms with van der Waals surface area (Å²) in [5.41, 5.74) is 3.14. The number of amides is 2. The van der Waals surface area contributed by atoms with Crippen molar-refractivity contribution in [2.45, 2.75) is 12.5 Å². The van der Waals surface area contributed by atoms with Crippen LogP contribution in [0, 0.1) is 5.82 Å². The Labute approximate surface area is 202 Å². The Kier molecular flexibility index (Phi) is 6.26. The molecular weight excluding hydrogens is 443 g/mol. The third-order valence-corrected chi connectivity index (χ3v) is 5.98. The summed E-state index contributed by atoms with van der Waals surface area (Å²) in [4.78, 5) is 27.7. The fourth-order valence-electron chi connectivity index (χ4n) is 4.25. The van der Waals surface area contributed by atoms with E-state index in [1.54, 1.807) is 36.4 Å². The fraction of sp³-hybridized carbons (Fsp3) is 0.103. The zero-order chi connectivity index (χ0) is 24.2. The number of ether oxygens (including phenoxy) is 1. The van der Waals surface area contributed by atoms with Gasteiger partial charge in [0.1, 0.15) is 11.6 Å². The monoisotopic (exact) mass is 466 g/mol. The SMILES string of the molecule is O=C(Nc1ccc2c(c1)N(Cc1ccccc1F)C(=O)CO2)C(c1ccccc1)c1ccccc1. The van der Waals surface area contributed by atoms with Gasteiger partial charge in [-0.15, -0.1) is 0 Å². The van der Waals surface area contributed by atoms with Crippen LogP contribution >= 0.6 is 0 Å². The fourth-order valence-corrected chi connectivity index (χ4v) is 4.25. The Morgan fingerprint density at radius 2 is 1.51 bits per heavy atom. The van der Waals surface area contributed by atoms with Crippen LogP contribution in [0.1, 0.15) is 22.6 Å². The topological polar surface area (TPSA) is 58.6 Å². The van der Waals surface area contributed by atoms with Gasteiger partial charge in [0.25, 0.3) is 5.91 Å². The number of carbonyl (C=O) groups excluding carboxylic acids is 2. The Morgan fingerprint density at radius 1 is 0.886 bits per heavy atom. The van der Waals surface area contributed by atoms with Crippen molar-refractivity contribution in [3.8, 4) is 5.75 Å². The zero-order valence-electron chi connectivity index (χ0n) is 18.9. The normalized spacial score (nSPS) is 12.7. The second-order valence-corrected chi connectivity index (χ2v) is 8.29. The third-order valence-electron chi connectivity index (χ3n) is 5.98. The molecule has 4 aromatic rings. The van der Waals surface area contributed by atoms with E-state index in [0.717, 1.165) is 11.1 Å². The average molecular weight is 467 g/mol. The van der Waals surface area contributed by atoms with Crippen LogP contribution in [0.15, 0.2) is 103 Å². The van der Waals surface area contributed by atoms with Gasteiger partial charge < -0.3 is 15.0 Å². The predicted molar refractivity (Wildman–Crippen MR) is 133 cm³/mol. The molecule has 174 valence electrons. The summed E-state index contributed by atoms with van der Waals surface area (Å²) in [6.45, 7) is -0.0623. The number of hydrogen-bond donors (Lipinski definition) is 1. The van der Waals surface area contributed by atoms with E-state index in [4.69, 9.17) is 4.74 Å². The first kappa shape index (κ1) is 22.3. The van der Waals surface area contributed by atoms with Crippen molar-refractivity contribution in [1.82, 2.24) is 0 Å². The van der Waals surface area contributed by atoms with Crippen molar-refractivity contribution in [3.63, 3.8) is 0 Å². The molecule has 0 bridgehead atoms. The number of carbonyl (C=O) groups is 2. The number of nitrogens with zero attached hydrogens (tertiary/aromatic N) is 1. The first-order chi connectivity index (χ1) is 17.1. The highest BCUT2D eigenvalue weighted by atomic mass is 19.1. The number of rotatable bonds is 6. The van der Waals surface area contributed by atoms with Crippen LogP contribution in [0.4, 0.5) is 15.8 Å². The minimum absolute atomic E-state index is 0.0654. The lowest BCUT2D eigenvalue weighted by molar-refractivity contribution is -0.121. The summed E-state index contributed by atoms with van der Waals surface area (Å²) < 4.78 is 19.9. The van der Waals surface area contributed by atoms with Crippen LogP contribution in [0.2, 0.25) is 0 Å². The summed E-state index contributed by atoms with van der Waals surface area (Å²) in [6.07, 6.45) is 0. The Morgan fingerprint density at radius 3 is 2.17 bits per heavy atom. The summed E-state index contributed by atoms with van der Waals surface area (Å²) in [6, 6.07) is 30.6. The highest BCUT2D eigenvalue weighted by molar-refractivity contribution is 6.01. The highest BCUT2D eigenvalue weighted by Gasteiger charge is 2.28. The van der Waals surface area contributed by atoms with Crippen LogP contribution in [0.3, 0.4) is 0 Å². The van der Waals surface area contributed by atoms with Crippen LogP contribution in [-0.4, -0.2) is 18.4 Å². The minimum Gasteiger partial charge on any atom is -0.482 e. The number of benzene rings is 4. The molecule has 1 aliphatic heterocycles. The maximum absolute atomic E-state index is 14.3. The molecule has 0 fully saturated rings. The summed E-state index contributed by atoms with van der Waals surface area (Å²) in [5.74, 6) is -0.879. The Balaban J connectivity index is 1.45. The van der Waals surface area contributed by atoms with E-state index in [9.17, 15) is 14.0 Å². The van der Waals surface area contributed by atoms with E-state index in [0.29, 0.717) is 22.7 Å². The molecule has 2 amide bonds.